The second kappa shape index (κ2) is 4.42. The van der Waals surface area contributed by atoms with Crippen LogP contribution in [0.15, 0.2) is 18.2 Å². The summed E-state index contributed by atoms with van der Waals surface area (Å²) in [5, 5.41) is 20.7. The summed E-state index contributed by atoms with van der Waals surface area (Å²) in [6.07, 6.45) is 0. The van der Waals surface area contributed by atoms with Crippen LogP contribution in [0.3, 0.4) is 0 Å². The molecule has 0 heterocycles. The van der Waals surface area contributed by atoms with Crippen LogP contribution < -0.4 is 5.32 Å². The minimum absolute atomic E-state index is 0.327. The van der Waals surface area contributed by atoms with E-state index in [1.807, 2.05) is 6.07 Å². The number of hydrogen-bond donors (Lipinski definition) is 2. The lowest BCUT2D eigenvalue weighted by Crippen LogP contribution is -2.40. The summed E-state index contributed by atoms with van der Waals surface area (Å²) in [5.41, 5.74) is -0.186. The van der Waals surface area contributed by atoms with Gasteiger partial charge in [0.15, 0.2) is 0 Å². The molecule has 0 fully saturated rings. The van der Waals surface area contributed by atoms with Crippen LogP contribution in [-0.2, 0) is 4.79 Å². The normalized spacial score (nSPS) is 10.6. The first-order valence-electron chi connectivity index (χ1n) is 4.58. The van der Waals surface area contributed by atoms with Crippen LogP contribution >= 0.6 is 11.6 Å². The Kier molecular flexibility index (Phi) is 3.41. The Hall–Kier alpha value is -1.73. The quantitative estimate of drug-likeness (QED) is 0.849. The van der Waals surface area contributed by atoms with E-state index in [2.05, 4.69) is 5.32 Å². The van der Waals surface area contributed by atoms with Crippen LogP contribution in [-0.4, -0.2) is 16.6 Å². The highest BCUT2D eigenvalue weighted by Crippen LogP contribution is 2.25. The number of carbonyl (C=O) groups is 1. The Morgan fingerprint density at radius 2 is 2.19 bits per heavy atom. The van der Waals surface area contributed by atoms with Gasteiger partial charge in [-0.15, -0.1) is 0 Å². The second-order valence-corrected chi connectivity index (χ2v) is 4.27. The van der Waals surface area contributed by atoms with Crippen LogP contribution in [0.1, 0.15) is 19.4 Å². The third-order valence-corrected chi connectivity index (χ3v) is 2.39. The monoisotopic (exact) mass is 238 g/mol. The molecule has 1 aromatic carbocycles. The zero-order chi connectivity index (χ0) is 12.3. The molecule has 0 spiro atoms. The van der Waals surface area contributed by atoms with Crippen LogP contribution in [0.2, 0.25) is 5.02 Å². The summed E-state index contributed by atoms with van der Waals surface area (Å²) < 4.78 is 0. The number of nitrogens with one attached hydrogen (secondary N) is 1. The summed E-state index contributed by atoms with van der Waals surface area (Å²) >= 11 is 5.91. The lowest BCUT2D eigenvalue weighted by atomic mass is 10.1. The van der Waals surface area contributed by atoms with Gasteiger partial charge in [0.25, 0.3) is 0 Å². The van der Waals surface area contributed by atoms with Gasteiger partial charge in [-0.25, -0.2) is 4.79 Å². The minimum Gasteiger partial charge on any atom is -0.480 e. The molecule has 0 aliphatic rings. The molecule has 0 radical (unpaired) electrons. The number of rotatable bonds is 3. The van der Waals surface area contributed by atoms with E-state index in [0.717, 1.165) is 0 Å². The number of benzene rings is 1. The predicted octanol–water partition coefficient (Wildman–Crippen LogP) is 2.49. The van der Waals surface area contributed by atoms with Crippen molar-refractivity contribution in [1.29, 1.82) is 5.26 Å². The molecule has 16 heavy (non-hydrogen) atoms. The summed E-state index contributed by atoms with van der Waals surface area (Å²) in [6, 6.07) is 6.60. The standard InChI is InChI=1S/C11H11ClN2O2/c1-11(2,10(15)16)14-9-4-3-7(6-13)5-8(9)12/h3-5,14H,1-2H3,(H,15,16). The lowest BCUT2D eigenvalue weighted by Gasteiger charge is -2.23. The number of nitriles is 1. The van der Waals surface area contributed by atoms with E-state index in [9.17, 15) is 4.79 Å². The van der Waals surface area contributed by atoms with Crippen molar-refractivity contribution in [3.05, 3.63) is 28.8 Å². The fourth-order valence-electron chi connectivity index (χ4n) is 1.08. The Bertz CT molecular complexity index is 464. The number of halogens is 1. The maximum atomic E-state index is 10.9. The van der Waals surface area contributed by atoms with Gasteiger partial charge in [0, 0.05) is 0 Å². The van der Waals surface area contributed by atoms with Crippen molar-refractivity contribution < 1.29 is 9.90 Å². The van der Waals surface area contributed by atoms with E-state index in [1.165, 1.54) is 19.9 Å². The van der Waals surface area contributed by atoms with E-state index in [1.54, 1.807) is 12.1 Å². The first kappa shape index (κ1) is 12.3. The highest BCUT2D eigenvalue weighted by atomic mass is 35.5. The van der Waals surface area contributed by atoms with Gasteiger partial charge in [-0.1, -0.05) is 11.6 Å². The van der Waals surface area contributed by atoms with Gasteiger partial charge >= 0.3 is 5.97 Å². The maximum absolute atomic E-state index is 10.9. The average Bonchev–Trinajstić information content (AvgIpc) is 2.20. The van der Waals surface area contributed by atoms with E-state index >= 15 is 0 Å². The molecule has 0 aliphatic heterocycles. The molecule has 0 unspecified atom stereocenters. The first-order chi connectivity index (χ1) is 7.36. The molecule has 0 amide bonds. The van der Waals surface area contributed by atoms with Gasteiger partial charge in [0.2, 0.25) is 0 Å². The number of aliphatic carboxylic acids is 1. The summed E-state index contributed by atoms with van der Waals surface area (Å²) in [7, 11) is 0. The van der Waals surface area contributed by atoms with Gasteiger partial charge in [-0.05, 0) is 32.0 Å². The zero-order valence-electron chi connectivity index (χ0n) is 8.91. The van der Waals surface area contributed by atoms with Gasteiger partial charge in [-0.3, -0.25) is 0 Å². The molecule has 1 aromatic rings. The van der Waals surface area contributed by atoms with Crippen LogP contribution in [0.4, 0.5) is 5.69 Å². The van der Waals surface area contributed by atoms with Crippen molar-refractivity contribution in [3.63, 3.8) is 0 Å². The average molecular weight is 239 g/mol. The predicted molar refractivity (Wildman–Crippen MR) is 61.5 cm³/mol. The number of carboxylic acids is 1. The molecule has 0 aliphatic carbocycles. The lowest BCUT2D eigenvalue weighted by molar-refractivity contribution is -0.141. The number of anilines is 1. The van der Waals surface area contributed by atoms with Gasteiger partial charge < -0.3 is 10.4 Å². The molecule has 0 saturated carbocycles. The van der Waals surface area contributed by atoms with Gasteiger partial charge in [0.05, 0.1) is 22.3 Å². The number of hydrogen-bond acceptors (Lipinski definition) is 3. The van der Waals surface area contributed by atoms with Gasteiger partial charge in [-0.2, -0.15) is 5.26 Å². The maximum Gasteiger partial charge on any atom is 0.328 e. The summed E-state index contributed by atoms with van der Waals surface area (Å²) in [6.45, 7) is 3.06. The Morgan fingerprint density at radius 3 is 2.62 bits per heavy atom. The molecular weight excluding hydrogens is 228 g/mol. The van der Waals surface area contributed by atoms with Crippen molar-refractivity contribution in [3.8, 4) is 6.07 Å². The minimum atomic E-state index is -1.11. The van der Waals surface area contributed by atoms with E-state index in [0.29, 0.717) is 16.3 Å². The Labute approximate surface area is 98.5 Å². The van der Waals surface area contributed by atoms with E-state index in [4.69, 9.17) is 22.0 Å². The second-order valence-electron chi connectivity index (χ2n) is 3.86. The highest BCUT2D eigenvalue weighted by Gasteiger charge is 2.27. The van der Waals surface area contributed by atoms with Crippen molar-refractivity contribution in [2.45, 2.75) is 19.4 Å². The third-order valence-electron chi connectivity index (χ3n) is 2.08. The topological polar surface area (TPSA) is 73.1 Å². The molecule has 84 valence electrons. The smallest absolute Gasteiger partial charge is 0.328 e. The number of carboxylic acid groups (broad SMARTS) is 1. The molecule has 0 saturated heterocycles. The molecule has 1 rings (SSSR count). The van der Waals surface area contributed by atoms with Gasteiger partial charge in [0.1, 0.15) is 5.54 Å². The van der Waals surface area contributed by atoms with Crippen molar-refractivity contribution in [2.75, 3.05) is 5.32 Å². The zero-order valence-corrected chi connectivity index (χ0v) is 9.67. The largest absolute Gasteiger partial charge is 0.480 e. The van der Waals surface area contributed by atoms with Crippen molar-refractivity contribution in [2.24, 2.45) is 0 Å². The molecule has 0 atom stereocenters. The highest BCUT2D eigenvalue weighted by molar-refractivity contribution is 6.33. The van der Waals surface area contributed by atoms with Crippen molar-refractivity contribution in [1.82, 2.24) is 0 Å². The number of nitrogens with zero attached hydrogens (tertiary/aromatic N) is 1. The Balaban J connectivity index is 3.00. The van der Waals surface area contributed by atoms with Crippen molar-refractivity contribution >= 4 is 23.3 Å². The van der Waals surface area contributed by atoms with E-state index < -0.39 is 11.5 Å². The fraction of sp³-hybridized carbons (Fsp3) is 0.273. The van der Waals surface area contributed by atoms with Crippen LogP contribution in [0, 0.1) is 11.3 Å². The molecular formula is C11H11ClN2O2. The van der Waals surface area contributed by atoms with Crippen LogP contribution in [0.25, 0.3) is 0 Å². The molecule has 5 heteroatoms. The summed E-state index contributed by atoms with van der Waals surface area (Å²) in [5.74, 6) is -0.979. The molecule has 4 nitrogen and oxygen atoms in total. The third kappa shape index (κ3) is 2.65. The Morgan fingerprint density at radius 1 is 1.56 bits per heavy atom. The SMILES string of the molecule is CC(C)(Nc1ccc(C#N)cc1Cl)C(=O)O. The fourth-order valence-corrected chi connectivity index (χ4v) is 1.30. The molecule has 0 bridgehead atoms. The first-order valence-corrected chi connectivity index (χ1v) is 4.96. The van der Waals surface area contributed by atoms with Crippen LogP contribution in [0.5, 0.6) is 0 Å². The molecule has 0 aromatic heterocycles. The van der Waals surface area contributed by atoms with E-state index in [-0.39, 0.29) is 0 Å². The summed E-state index contributed by atoms with van der Waals surface area (Å²) in [4.78, 5) is 10.9. The molecule has 2 N–H and O–H groups in total.